The lowest BCUT2D eigenvalue weighted by Crippen LogP contribution is -2.41. The molecule has 1 amide bonds. The fourth-order valence-electron chi connectivity index (χ4n) is 5.05. The van der Waals surface area contributed by atoms with E-state index in [0.717, 1.165) is 16.7 Å². The summed E-state index contributed by atoms with van der Waals surface area (Å²) < 4.78 is 57.9. The van der Waals surface area contributed by atoms with Crippen molar-refractivity contribution in [3.05, 3.63) is 94.7 Å². The molecule has 248 valence electrons. The number of sulfone groups is 1. The Morgan fingerprint density at radius 1 is 0.979 bits per heavy atom. The molecule has 0 fully saturated rings. The van der Waals surface area contributed by atoms with Gasteiger partial charge >= 0.3 is 16.9 Å². The van der Waals surface area contributed by atoms with Gasteiger partial charge in [-0.2, -0.15) is 0 Å². The largest absolute Gasteiger partial charge is 0.493 e. The molecule has 0 radical (unpaired) electrons. The average Bonchev–Trinajstić information content (AvgIpc) is 3.48. The molecule has 0 bridgehead atoms. The van der Waals surface area contributed by atoms with Gasteiger partial charge in [-0.1, -0.05) is 48.5 Å². The van der Waals surface area contributed by atoms with Gasteiger partial charge in [0.05, 0.1) is 37.3 Å². The van der Waals surface area contributed by atoms with Gasteiger partial charge in [0, 0.05) is 18.5 Å². The molecule has 0 aliphatic carbocycles. The van der Waals surface area contributed by atoms with E-state index < -0.39 is 32.9 Å². The lowest BCUT2D eigenvalue weighted by Gasteiger charge is -2.37. The van der Waals surface area contributed by atoms with Gasteiger partial charge in [0.1, 0.15) is 13.2 Å². The Morgan fingerprint density at radius 3 is 2.36 bits per heavy atom. The molecule has 2 heterocycles. The fraction of sp³-hybridized carbons (Fsp3) is 0.312. The van der Waals surface area contributed by atoms with E-state index in [2.05, 4.69) is 9.79 Å². The Morgan fingerprint density at radius 2 is 1.66 bits per heavy atom. The number of carbonyl (C=O) groups excluding carboxylic acids is 2. The van der Waals surface area contributed by atoms with Crippen LogP contribution in [-0.2, 0) is 41.9 Å². The number of benzene rings is 3. The van der Waals surface area contributed by atoms with Gasteiger partial charge in [-0.3, -0.25) is 14.2 Å². The number of hydrogen-bond donors (Lipinski definition) is 0. The highest BCUT2D eigenvalue weighted by molar-refractivity contribution is 7.91. The summed E-state index contributed by atoms with van der Waals surface area (Å²) in [5.74, 6) is -0.487. The number of ether oxygens (including phenoxy) is 5. The van der Waals surface area contributed by atoms with Crippen molar-refractivity contribution in [2.75, 3.05) is 34.0 Å². The van der Waals surface area contributed by atoms with Gasteiger partial charge in [-0.15, -0.1) is 0 Å². The zero-order valence-electron chi connectivity index (χ0n) is 25.7. The highest BCUT2D eigenvalue weighted by Gasteiger charge is 2.36. The van der Waals surface area contributed by atoms with Crippen molar-refractivity contribution in [3.63, 3.8) is 0 Å². The van der Waals surface area contributed by atoms with Crippen LogP contribution in [0, 0.1) is 5.21 Å². The molecule has 0 saturated carbocycles. The highest BCUT2D eigenvalue weighted by atomic mass is 32.2. The van der Waals surface area contributed by atoms with Gasteiger partial charge in [-0.05, 0) is 46.7 Å². The van der Waals surface area contributed by atoms with Crippen molar-refractivity contribution in [2.24, 2.45) is 0 Å². The zero-order valence-corrected chi connectivity index (χ0v) is 26.5. The van der Waals surface area contributed by atoms with E-state index in [1.54, 1.807) is 24.1 Å². The number of rotatable bonds is 14. The normalized spacial score (nSPS) is 14.3. The number of amides is 1. The van der Waals surface area contributed by atoms with Crippen molar-refractivity contribution in [1.29, 1.82) is 0 Å². The lowest BCUT2D eigenvalue weighted by molar-refractivity contribution is -0.832. The van der Waals surface area contributed by atoms with Gasteiger partial charge in [0.25, 0.3) is 9.84 Å². The second-order valence-electron chi connectivity index (χ2n) is 10.3. The summed E-state index contributed by atoms with van der Waals surface area (Å²) in [6, 6.07) is 20.5. The first kappa shape index (κ1) is 33.2. The van der Waals surface area contributed by atoms with Crippen molar-refractivity contribution in [3.8, 4) is 17.4 Å². The minimum absolute atomic E-state index is 0.146. The monoisotopic (exact) mass is 667 g/mol. The summed E-state index contributed by atoms with van der Waals surface area (Å²) in [5.41, 5.74) is 2.65. The molecule has 1 atom stereocenters. The number of hydrogen-bond acceptors (Lipinski definition) is 12. The Kier molecular flexibility index (Phi) is 10.6. The van der Waals surface area contributed by atoms with Gasteiger partial charge < -0.3 is 33.8 Å². The molecule has 1 unspecified atom stereocenters. The number of methoxy groups -OCH3 is 2. The number of esters is 1. The van der Waals surface area contributed by atoms with Crippen LogP contribution in [0.1, 0.15) is 35.8 Å². The van der Waals surface area contributed by atoms with Crippen LogP contribution in [0.5, 0.6) is 17.4 Å². The van der Waals surface area contributed by atoms with Crippen molar-refractivity contribution >= 4 is 21.7 Å². The molecule has 0 saturated heterocycles. The molecule has 1 aliphatic rings. The average molecular weight is 668 g/mol. The van der Waals surface area contributed by atoms with Crippen LogP contribution in [0.2, 0.25) is 0 Å². The predicted octanol–water partition coefficient (Wildman–Crippen LogP) is 3.16. The van der Waals surface area contributed by atoms with Gasteiger partial charge in [-0.25, -0.2) is 8.42 Å². The second kappa shape index (κ2) is 15.0. The van der Waals surface area contributed by atoms with Gasteiger partial charge in [0.15, 0.2) is 17.7 Å². The maximum atomic E-state index is 13.4. The van der Waals surface area contributed by atoms with Gasteiger partial charge in [0.2, 0.25) is 5.91 Å². The molecule has 4 aromatic rings. The van der Waals surface area contributed by atoms with E-state index >= 15 is 0 Å². The molecule has 15 heteroatoms. The molecule has 14 nitrogen and oxygen atoms in total. The quantitative estimate of drug-likeness (QED) is 0.109. The maximum Gasteiger partial charge on any atom is 0.415 e. The summed E-state index contributed by atoms with van der Waals surface area (Å²) in [4.78, 5) is 27.1. The van der Waals surface area contributed by atoms with Crippen LogP contribution >= 0.6 is 0 Å². The number of carbonyl (C=O) groups is 2. The number of nitrogens with zero attached hydrogens (tertiary/aromatic N) is 3. The van der Waals surface area contributed by atoms with Crippen molar-refractivity contribution < 1.29 is 51.2 Å². The first-order valence-electron chi connectivity index (χ1n) is 14.6. The third-order valence-corrected chi connectivity index (χ3v) is 9.10. The minimum atomic E-state index is -4.29. The summed E-state index contributed by atoms with van der Waals surface area (Å²) in [6.07, 6.45) is -0.561. The van der Waals surface area contributed by atoms with Crippen LogP contribution in [0.4, 0.5) is 0 Å². The predicted molar refractivity (Wildman–Crippen MR) is 162 cm³/mol. The van der Waals surface area contributed by atoms with Crippen LogP contribution in [0.3, 0.4) is 0 Å². The van der Waals surface area contributed by atoms with E-state index in [0.29, 0.717) is 24.5 Å². The lowest BCUT2D eigenvalue weighted by atomic mass is 9.96. The Balaban J connectivity index is 1.18. The molecular weight excluding hydrogens is 634 g/mol. The Bertz CT molecular complexity index is 1800. The Hall–Kier alpha value is -5.15. The molecular formula is C32H33N3O11S. The second-order valence-corrected chi connectivity index (χ2v) is 12.2. The summed E-state index contributed by atoms with van der Waals surface area (Å²) in [6.45, 7) is -0.0229. The molecule has 47 heavy (non-hydrogen) atoms. The number of fused-ring (bicyclic) bond motifs is 1. The zero-order chi connectivity index (χ0) is 33.4. The standard InChI is InChI=1S/C32H33N3O11S/c1-41-26-19-23-15-16-34(31(25(23)20-27(26)42-2)45-21-22-9-5-3-6-10-22)28(36)13-14-29(37)43-17-18-44-30-32(35(38)46-33-30)47(39,40)24-11-7-4-8-12-24/h3-12,19-20,31H,13-18,21H2,1-2H3. The molecule has 1 aromatic heterocycles. The minimum Gasteiger partial charge on any atom is -0.493 e. The van der Waals surface area contributed by atoms with Crippen LogP contribution in [-0.4, -0.2) is 64.3 Å². The maximum absolute atomic E-state index is 13.4. The highest BCUT2D eigenvalue weighted by Crippen LogP contribution is 2.39. The van der Waals surface area contributed by atoms with E-state index in [1.807, 2.05) is 36.4 Å². The van der Waals surface area contributed by atoms with Crippen LogP contribution in [0.15, 0.2) is 87.3 Å². The number of aromatic nitrogens is 2. The molecule has 0 spiro atoms. The van der Waals surface area contributed by atoms with E-state index in [-0.39, 0.29) is 48.4 Å². The fourth-order valence-corrected chi connectivity index (χ4v) is 6.35. The smallest absolute Gasteiger partial charge is 0.415 e. The molecule has 5 rings (SSSR count). The summed E-state index contributed by atoms with van der Waals surface area (Å²) >= 11 is 0. The third kappa shape index (κ3) is 7.64. The molecule has 0 N–H and O–H groups in total. The molecule has 3 aromatic carbocycles. The summed E-state index contributed by atoms with van der Waals surface area (Å²) in [7, 11) is -1.21. The van der Waals surface area contributed by atoms with Crippen molar-refractivity contribution in [1.82, 2.24) is 10.1 Å². The van der Waals surface area contributed by atoms with Crippen LogP contribution in [0.25, 0.3) is 0 Å². The summed E-state index contributed by atoms with van der Waals surface area (Å²) in [5, 5.41) is 14.6. The van der Waals surface area contributed by atoms with Crippen LogP contribution < -0.4 is 19.1 Å². The topological polar surface area (TPSA) is 171 Å². The van der Waals surface area contributed by atoms with Crippen molar-refractivity contribution in [2.45, 2.75) is 42.0 Å². The van der Waals surface area contributed by atoms with E-state index in [9.17, 15) is 23.2 Å². The van der Waals surface area contributed by atoms with E-state index in [4.69, 9.17) is 23.7 Å². The SMILES string of the molecule is COc1cc2c(cc1OC)C(OCc1ccccc1)N(C(=O)CCC(=O)OCCOc1no[n+]([O-])c1S(=O)(=O)c1ccccc1)CC2. The Labute approximate surface area is 270 Å². The third-order valence-electron chi connectivity index (χ3n) is 7.37. The first-order chi connectivity index (χ1) is 22.7. The first-order valence-corrected chi connectivity index (χ1v) is 16.1. The molecule has 1 aliphatic heterocycles. The van der Waals surface area contributed by atoms with E-state index in [1.165, 1.54) is 31.4 Å².